The first kappa shape index (κ1) is 13.0. The summed E-state index contributed by atoms with van der Waals surface area (Å²) in [5.74, 6) is -1.30. The summed E-state index contributed by atoms with van der Waals surface area (Å²) < 4.78 is 13.1. The van der Waals surface area contributed by atoms with Gasteiger partial charge < -0.3 is 5.11 Å². The van der Waals surface area contributed by atoms with Gasteiger partial charge in [-0.05, 0) is 36.1 Å². The molecule has 0 aromatic heterocycles. The molecule has 1 N–H and O–H groups in total. The fraction of sp³-hybridized carbons (Fsp3) is 0.364. The average Bonchev–Trinajstić information content (AvgIpc) is 2.28. The third-order valence-electron chi connectivity index (χ3n) is 2.39. The fourth-order valence-corrected chi connectivity index (χ4v) is 1.49. The molecule has 1 unspecified atom stereocenters. The summed E-state index contributed by atoms with van der Waals surface area (Å²) in [5.41, 5.74) is 9.49. The van der Waals surface area contributed by atoms with E-state index >= 15 is 0 Å². The van der Waals surface area contributed by atoms with Gasteiger partial charge in [0.1, 0.15) is 5.82 Å². The molecule has 0 saturated carbocycles. The molecule has 0 aliphatic carbocycles. The van der Waals surface area contributed by atoms with E-state index in [9.17, 15) is 9.18 Å². The first-order chi connectivity index (χ1) is 8.04. The largest absolute Gasteiger partial charge is 0.481 e. The van der Waals surface area contributed by atoms with Crippen molar-refractivity contribution in [3.63, 3.8) is 0 Å². The predicted octanol–water partition coefficient (Wildman–Crippen LogP) is 3.35. The number of benzene rings is 1. The van der Waals surface area contributed by atoms with Crippen LogP contribution in [0.5, 0.6) is 0 Å². The van der Waals surface area contributed by atoms with Crippen molar-refractivity contribution in [1.29, 1.82) is 0 Å². The van der Waals surface area contributed by atoms with Crippen molar-refractivity contribution in [2.45, 2.75) is 25.8 Å². The first-order valence-corrected chi connectivity index (χ1v) is 5.06. The number of halogens is 1. The molecule has 0 heterocycles. The molecule has 0 bridgehead atoms. The molecule has 1 rings (SSSR count). The van der Waals surface area contributed by atoms with E-state index < -0.39 is 12.0 Å². The summed E-state index contributed by atoms with van der Waals surface area (Å²) in [6.45, 7) is 1.60. The number of aryl methyl sites for hydroxylation is 1. The van der Waals surface area contributed by atoms with Crippen molar-refractivity contribution in [2.24, 2.45) is 5.11 Å². The average molecular weight is 237 g/mol. The number of carbonyl (C=O) groups is 1. The van der Waals surface area contributed by atoms with Crippen LogP contribution in [0.15, 0.2) is 23.3 Å². The molecule has 17 heavy (non-hydrogen) atoms. The first-order valence-electron chi connectivity index (χ1n) is 5.06. The molecule has 1 aromatic rings. The summed E-state index contributed by atoms with van der Waals surface area (Å²) in [5, 5.41) is 12.1. The Hall–Kier alpha value is -2.07. The minimum atomic E-state index is -0.957. The lowest BCUT2D eigenvalue weighted by atomic mass is 10.0. The summed E-state index contributed by atoms with van der Waals surface area (Å²) in [6, 6.07) is 3.78. The molecular weight excluding hydrogens is 225 g/mol. The van der Waals surface area contributed by atoms with Crippen molar-refractivity contribution in [1.82, 2.24) is 0 Å². The van der Waals surface area contributed by atoms with Crippen LogP contribution in [0.2, 0.25) is 0 Å². The Morgan fingerprint density at radius 2 is 2.35 bits per heavy atom. The van der Waals surface area contributed by atoms with Crippen LogP contribution in [-0.4, -0.2) is 11.1 Å². The van der Waals surface area contributed by atoms with Crippen LogP contribution in [0.3, 0.4) is 0 Å². The molecule has 0 saturated heterocycles. The van der Waals surface area contributed by atoms with E-state index in [1.165, 1.54) is 12.1 Å². The van der Waals surface area contributed by atoms with E-state index in [1.807, 2.05) is 0 Å². The van der Waals surface area contributed by atoms with Crippen LogP contribution in [0.4, 0.5) is 4.39 Å². The highest BCUT2D eigenvalue weighted by molar-refractivity contribution is 5.66. The molecular formula is C11H12FN3O2. The van der Waals surface area contributed by atoms with Gasteiger partial charge in [0.15, 0.2) is 0 Å². The normalized spacial score (nSPS) is 11.6. The topological polar surface area (TPSA) is 86.1 Å². The molecule has 90 valence electrons. The van der Waals surface area contributed by atoms with Crippen molar-refractivity contribution >= 4 is 5.97 Å². The van der Waals surface area contributed by atoms with Gasteiger partial charge in [-0.3, -0.25) is 4.79 Å². The molecule has 0 amide bonds. The zero-order valence-corrected chi connectivity index (χ0v) is 9.30. The Morgan fingerprint density at radius 1 is 1.65 bits per heavy atom. The zero-order valence-electron chi connectivity index (χ0n) is 9.30. The van der Waals surface area contributed by atoms with Gasteiger partial charge in [0.2, 0.25) is 0 Å². The van der Waals surface area contributed by atoms with Crippen molar-refractivity contribution in [2.75, 3.05) is 0 Å². The van der Waals surface area contributed by atoms with Crippen LogP contribution >= 0.6 is 0 Å². The monoisotopic (exact) mass is 237 g/mol. The smallest absolute Gasteiger partial charge is 0.303 e. The Bertz CT molecular complexity index is 470. The standard InChI is InChI=1S/C11H12FN3O2/c1-7-6-8(2-3-9(7)12)10(14-15-13)4-5-11(16)17/h2-3,6,10H,4-5H2,1H3,(H,16,17). The second kappa shape index (κ2) is 5.86. The molecule has 0 aliphatic rings. The van der Waals surface area contributed by atoms with Gasteiger partial charge in [-0.25, -0.2) is 4.39 Å². The van der Waals surface area contributed by atoms with E-state index in [0.717, 1.165) is 0 Å². The Labute approximate surface area is 97.5 Å². The summed E-state index contributed by atoms with van der Waals surface area (Å²) in [7, 11) is 0. The molecule has 0 radical (unpaired) electrons. The number of aliphatic carboxylic acids is 1. The highest BCUT2D eigenvalue weighted by Gasteiger charge is 2.12. The van der Waals surface area contributed by atoms with Crippen LogP contribution in [0.25, 0.3) is 10.4 Å². The number of carboxylic acid groups (broad SMARTS) is 1. The van der Waals surface area contributed by atoms with Gasteiger partial charge >= 0.3 is 5.97 Å². The third-order valence-corrected chi connectivity index (χ3v) is 2.39. The predicted molar refractivity (Wildman–Crippen MR) is 59.9 cm³/mol. The number of hydrogen-bond acceptors (Lipinski definition) is 2. The van der Waals surface area contributed by atoms with E-state index in [4.69, 9.17) is 10.6 Å². The van der Waals surface area contributed by atoms with E-state index in [0.29, 0.717) is 11.1 Å². The number of rotatable bonds is 5. The molecule has 1 atom stereocenters. The van der Waals surface area contributed by atoms with Crippen molar-refractivity contribution in [3.8, 4) is 0 Å². The Balaban J connectivity index is 2.92. The van der Waals surface area contributed by atoms with E-state index in [-0.39, 0.29) is 18.7 Å². The van der Waals surface area contributed by atoms with Gasteiger partial charge in [0.05, 0.1) is 6.04 Å². The van der Waals surface area contributed by atoms with Gasteiger partial charge in [-0.2, -0.15) is 0 Å². The van der Waals surface area contributed by atoms with E-state index in [1.54, 1.807) is 13.0 Å². The van der Waals surface area contributed by atoms with E-state index in [2.05, 4.69) is 10.0 Å². The molecule has 0 aliphatic heterocycles. The summed E-state index contributed by atoms with van der Waals surface area (Å²) >= 11 is 0. The summed E-state index contributed by atoms with van der Waals surface area (Å²) in [6.07, 6.45) is 0.102. The Morgan fingerprint density at radius 3 is 2.88 bits per heavy atom. The maximum absolute atomic E-state index is 13.1. The highest BCUT2D eigenvalue weighted by atomic mass is 19.1. The number of azide groups is 1. The van der Waals surface area contributed by atoms with Crippen LogP contribution in [0.1, 0.15) is 30.0 Å². The number of nitrogens with zero attached hydrogens (tertiary/aromatic N) is 3. The Kier molecular flexibility index (Phi) is 4.48. The van der Waals surface area contributed by atoms with Crippen molar-refractivity contribution < 1.29 is 14.3 Å². The van der Waals surface area contributed by atoms with Crippen LogP contribution in [0, 0.1) is 12.7 Å². The number of hydrogen-bond donors (Lipinski definition) is 1. The molecule has 0 spiro atoms. The SMILES string of the molecule is Cc1cc(C(CCC(=O)O)N=[N+]=[N-])ccc1F. The maximum atomic E-state index is 13.1. The van der Waals surface area contributed by atoms with Crippen LogP contribution in [-0.2, 0) is 4.79 Å². The number of carboxylic acids is 1. The molecule has 1 aromatic carbocycles. The lowest BCUT2D eigenvalue weighted by molar-refractivity contribution is -0.137. The lowest BCUT2D eigenvalue weighted by Gasteiger charge is -2.11. The quantitative estimate of drug-likeness (QED) is 0.483. The molecule has 6 heteroatoms. The second-order valence-electron chi connectivity index (χ2n) is 3.66. The molecule has 0 fully saturated rings. The van der Waals surface area contributed by atoms with Gasteiger partial charge in [0.25, 0.3) is 0 Å². The highest BCUT2D eigenvalue weighted by Crippen LogP contribution is 2.24. The van der Waals surface area contributed by atoms with Gasteiger partial charge in [-0.1, -0.05) is 17.2 Å². The second-order valence-corrected chi connectivity index (χ2v) is 3.66. The molecule has 5 nitrogen and oxygen atoms in total. The fourth-order valence-electron chi connectivity index (χ4n) is 1.49. The van der Waals surface area contributed by atoms with Crippen LogP contribution < -0.4 is 0 Å². The van der Waals surface area contributed by atoms with Gasteiger partial charge in [-0.15, -0.1) is 0 Å². The maximum Gasteiger partial charge on any atom is 0.303 e. The minimum Gasteiger partial charge on any atom is -0.481 e. The summed E-state index contributed by atoms with van der Waals surface area (Å²) in [4.78, 5) is 13.1. The lowest BCUT2D eigenvalue weighted by Crippen LogP contribution is -2.01. The zero-order chi connectivity index (χ0) is 12.8. The van der Waals surface area contributed by atoms with Crippen molar-refractivity contribution in [3.05, 3.63) is 45.6 Å². The third kappa shape index (κ3) is 3.77. The van der Waals surface area contributed by atoms with Gasteiger partial charge in [0, 0.05) is 11.3 Å². The minimum absolute atomic E-state index is 0.0971.